The summed E-state index contributed by atoms with van der Waals surface area (Å²) in [4.78, 5) is 25.1. The second kappa shape index (κ2) is 6.18. The van der Waals surface area contributed by atoms with E-state index in [9.17, 15) is 9.59 Å². The van der Waals surface area contributed by atoms with Gasteiger partial charge in [-0.3, -0.25) is 9.59 Å². The number of hydrogen-bond donors (Lipinski definition) is 2. The molecular weight excluding hydrogens is 232 g/mol. The zero-order valence-electron chi connectivity index (χ0n) is 11.4. The number of nitrogens with two attached hydrogens (primary N) is 1. The second-order valence-electron chi connectivity index (χ2n) is 5.57. The van der Waals surface area contributed by atoms with E-state index in [4.69, 9.17) is 10.8 Å². The fourth-order valence-electron chi connectivity index (χ4n) is 2.68. The van der Waals surface area contributed by atoms with Gasteiger partial charge >= 0.3 is 5.97 Å². The van der Waals surface area contributed by atoms with Crippen molar-refractivity contribution in [2.75, 3.05) is 13.1 Å². The first kappa shape index (κ1) is 15.0. The summed E-state index contributed by atoms with van der Waals surface area (Å²) < 4.78 is 0. The number of nitrogens with zero attached hydrogens (tertiary/aromatic N) is 1. The van der Waals surface area contributed by atoms with E-state index in [1.54, 1.807) is 4.90 Å². The van der Waals surface area contributed by atoms with Crippen LogP contribution >= 0.6 is 0 Å². The molecular formula is C13H24N2O3. The Bertz CT molecular complexity index is 317. The normalized spacial score (nSPS) is 25.5. The van der Waals surface area contributed by atoms with Crippen LogP contribution in [0.1, 0.15) is 33.6 Å². The van der Waals surface area contributed by atoms with E-state index in [1.165, 1.54) is 0 Å². The largest absolute Gasteiger partial charge is 0.481 e. The summed E-state index contributed by atoms with van der Waals surface area (Å²) in [5.41, 5.74) is 5.67. The van der Waals surface area contributed by atoms with Crippen molar-refractivity contribution in [3.63, 3.8) is 0 Å². The molecule has 3 N–H and O–H groups in total. The Hall–Kier alpha value is -1.10. The molecule has 1 aliphatic rings. The second-order valence-corrected chi connectivity index (χ2v) is 5.57. The highest BCUT2D eigenvalue weighted by Crippen LogP contribution is 2.27. The van der Waals surface area contributed by atoms with Crippen LogP contribution in [0.15, 0.2) is 0 Å². The maximum atomic E-state index is 12.3. The van der Waals surface area contributed by atoms with E-state index in [1.807, 2.05) is 6.92 Å². The molecule has 18 heavy (non-hydrogen) atoms. The average Bonchev–Trinajstić information content (AvgIpc) is 2.66. The van der Waals surface area contributed by atoms with Crippen molar-refractivity contribution in [3.8, 4) is 0 Å². The summed E-state index contributed by atoms with van der Waals surface area (Å²) in [6, 6.07) is -0.226. The first-order valence-corrected chi connectivity index (χ1v) is 6.61. The van der Waals surface area contributed by atoms with Crippen LogP contribution in [0.2, 0.25) is 0 Å². The topological polar surface area (TPSA) is 83.6 Å². The molecule has 0 aromatic rings. The van der Waals surface area contributed by atoms with Gasteiger partial charge in [-0.05, 0) is 25.7 Å². The van der Waals surface area contributed by atoms with Crippen LogP contribution in [0.4, 0.5) is 0 Å². The van der Waals surface area contributed by atoms with Crippen LogP contribution in [0.5, 0.6) is 0 Å². The number of carboxylic acid groups (broad SMARTS) is 1. The molecule has 0 spiro atoms. The molecule has 1 saturated heterocycles. The van der Waals surface area contributed by atoms with Gasteiger partial charge in [-0.25, -0.2) is 0 Å². The number of carbonyl (C=O) groups is 2. The van der Waals surface area contributed by atoms with E-state index >= 15 is 0 Å². The predicted octanol–water partition coefficient (Wildman–Crippen LogP) is 0.929. The Morgan fingerprint density at radius 1 is 1.44 bits per heavy atom. The van der Waals surface area contributed by atoms with Gasteiger partial charge in [-0.2, -0.15) is 0 Å². The number of carbonyl (C=O) groups excluding carboxylic acids is 1. The van der Waals surface area contributed by atoms with Gasteiger partial charge in [0.25, 0.3) is 0 Å². The Balaban J connectivity index is 2.69. The van der Waals surface area contributed by atoms with E-state index in [0.29, 0.717) is 25.4 Å². The molecule has 0 radical (unpaired) electrons. The molecule has 3 atom stereocenters. The van der Waals surface area contributed by atoms with Gasteiger partial charge in [-0.1, -0.05) is 13.8 Å². The molecule has 1 amide bonds. The highest BCUT2D eigenvalue weighted by molar-refractivity contribution is 5.81. The molecule has 0 aromatic carbocycles. The van der Waals surface area contributed by atoms with Crippen molar-refractivity contribution in [3.05, 3.63) is 0 Å². The van der Waals surface area contributed by atoms with Crippen molar-refractivity contribution in [2.24, 2.45) is 23.5 Å². The number of aliphatic carboxylic acids is 1. The van der Waals surface area contributed by atoms with Crippen LogP contribution in [0.25, 0.3) is 0 Å². The number of carboxylic acids is 1. The molecule has 0 aliphatic carbocycles. The summed E-state index contributed by atoms with van der Waals surface area (Å²) in [5, 5.41) is 9.06. The van der Waals surface area contributed by atoms with Crippen LogP contribution in [-0.4, -0.2) is 41.0 Å². The summed E-state index contributed by atoms with van der Waals surface area (Å²) in [7, 11) is 0. The number of amides is 1. The Labute approximate surface area is 108 Å². The van der Waals surface area contributed by atoms with Gasteiger partial charge in [0.1, 0.15) is 0 Å². The zero-order valence-corrected chi connectivity index (χ0v) is 11.4. The fourth-order valence-corrected chi connectivity index (χ4v) is 2.68. The molecule has 0 bridgehead atoms. The van der Waals surface area contributed by atoms with E-state index < -0.39 is 11.9 Å². The van der Waals surface area contributed by atoms with Gasteiger partial charge < -0.3 is 15.7 Å². The Morgan fingerprint density at radius 3 is 2.44 bits per heavy atom. The molecule has 1 heterocycles. The maximum absolute atomic E-state index is 12.3. The minimum Gasteiger partial charge on any atom is -0.481 e. The molecule has 0 aromatic heterocycles. The summed E-state index contributed by atoms with van der Waals surface area (Å²) >= 11 is 0. The third kappa shape index (κ3) is 3.22. The fraction of sp³-hybridized carbons (Fsp3) is 0.846. The lowest BCUT2D eigenvalue weighted by molar-refractivity contribution is -0.143. The molecule has 3 unspecified atom stereocenters. The minimum atomic E-state index is -0.814. The highest BCUT2D eigenvalue weighted by Gasteiger charge is 2.39. The van der Waals surface area contributed by atoms with Gasteiger partial charge in [0, 0.05) is 19.1 Å². The van der Waals surface area contributed by atoms with Gasteiger partial charge in [0.05, 0.1) is 11.8 Å². The first-order valence-electron chi connectivity index (χ1n) is 6.61. The maximum Gasteiger partial charge on any atom is 0.308 e. The predicted molar refractivity (Wildman–Crippen MR) is 68.9 cm³/mol. The molecule has 104 valence electrons. The summed E-state index contributed by atoms with van der Waals surface area (Å²) in [6.07, 6.45) is 1.30. The highest BCUT2D eigenvalue weighted by atomic mass is 16.4. The van der Waals surface area contributed by atoms with Crippen molar-refractivity contribution in [2.45, 2.75) is 39.7 Å². The van der Waals surface area contributed by atoms with Gasteiger partial charge in [0.15, 0.2) is 0 Å². The van der Waals surface area contributed by atoms with Crippen LogP contribution < -0.4 is 5.73 Å². The quantitative estimate of drug-likeness (QED) is 0.766. The van der Waals surface area contributed by atoms with E-state index in [0.717, 1.165) is 6.42 Å². The third-order valence-corrected chi connectivity index (χ3v) is 3.74. The lowest BCUT2D eigenvalue weighted by Gasteiger charge is -2.28. The van der Waals surface area contributed by atoms with Crippen LogP contribution in [0, 0.1) is 17.8 Å². The smallest absolute Gasteiger partial charge is 0.308 e. The molecule has 0 saturated carbocycles. The lowest BCUT2D eigenvalue weighted by Crippen LogP contribution is -2.43. The SMILES string of the molecule is CC(C)CC(CN)C(=O)N1CCC(C(=O)O)C1C. The van der Waals surface area contributed by atoms with Crippen LogP contribution in [-0.2, 0) is 9.59 Å². The van der Waals surface area contributed by atoms with E-state index in [2.05, 4.69) is 13.8 Å². The minimum absolute atomic E-state index is 0.0162. The Morgan fingerprint density at radius 2 is 2.06 bits per heavy atom. The number of rotatable bonds is 5. The summed E-state index contributed by atoms with van der Waals surface area (Å²) in [5.74, 6) is -1.00. The average molecular weight is 256 g/mol. The Kier molecular flexibility index (Phi) is 5.14. The summed E-state index contributed by atoms with van der Waals surface area (Å²) in [6.45, 7) is 6.79. The lowest BCUT2D eigenvalue weighted by atomic mass is 9.95. The number of hydrogen-bond acceptors (Lipinski definition) is 3. The molecule has 1 rings (SSSR count). The van der Waals surface area contributed by atoms with Gasteiger partial charge in [-0.15, -0.1) is 0 Å². The van der Waals surface area contributed by atoms with Crippen molar-refractivity contribution >= 4 is 11.9 Å². The van der Waals surface area contributed by atoms with Crippen molar-refractivity contribution in [1.29, 1.82) is 0 Å². The zero-order chi connectivity index (χ0) is 13.9. The first-order chi connectivity index (χ1) is 8.38. The monoisotopic (exact) mass is 256 g/mol. The standard InChI is InChI=1S/C13H24N2O3/c1-8(2)6-10(7-14)12(16)15-5-4-11(9(15)3)13(17)18/h8-11H,4-7,14H2,1-3H3,(H,17,18). The van der Waals surface area contributed by atoms with Gasteiger partial charge in [0.2, 0.25) is 5.91 Å². The molecule has 1 aliphatic heterocycles. The van der Waals surface area contributed by atoms with E-state index in [-0.39, 0.29) is 17.9 Å². The third-order valence-electron chi connectivity index (χ3n) is 3.74. The van der Waals surface area contributed by atoms with Crippen LogP contribution in [0.3, 0.4) is 0 Å². The van der Waals surface area contributed by atoms with Crippen molar-refractivity contribution < 1.29 is 14.7 Å². The molecule has 5 heteroatoms. The molecule has 5 nitrogen and oxygen atoms in total. The van der Waals surface area contributed by atoms with Crippen molar-refractivity contribution in [1.82, 2.24) is 4.90 Å². The molecule has 1 fully saturated rings. The number of likely N-dealkylation sites (tertiary alicyclic amines) is 1.